The molecular weight excluding hydrogens is 339 g/mol. The highest BCUT2D eigenvalue weighted by Crippen LogP contribution is 2.27. The number of aromatic amines is 1. The lowest BCUT2D eigenvalue weighted by Crippen LogP contribution is -2.19. The molecule has 3 nitrogen and oxygen atoms in total. The van der Waals surface area contributed by atoms with Gasteiger partial charge in [-0.25, -0.2) is 4.98 Å². The summed E-state index contributed by atoms with van der Waals surface area (Å²) in [6.07, 6.45) is 1.07. The van der Waals surface area contributed by atoms with Crippen LogP contribution < -0.4 is 5.56 Å². The minimum Gasteiger partial charge on any atom is -0.301 e. The molecule has 1 heterocycles. The Labute approximate surface area is 144 Å². The number of halogens is 2. The molecule has 0 fully saturated rings. The maximum Gasteiger partial charge on any atom is 0.254 e. The van der Waals surface area contributed by atoms with E-state index in [4.69, 9.17) is 23.2 Å². The van der Waals surface area contributed by atoms with Gasteiger partial charge in [-0.1, -0.05) is 61.8 Å². The molecule has 0 bridgehead atoms. The predicted octanol–water partition coefficient (Wildman–Crippen LogP) is 4.73. The first kappa shape index (κ1) is 17.4. The van der Waals surface area contributed by atoms with Crippen LogP contribution in [0.2, 0.25) is 10.0 Å². The van der Waals surface area contributed by atoms with Gasteiger partial charge in [0, 0.05) is 27.3 Å². The Balaban J connectivity index is 2.49. The minimum absolute atomic E-state index is 0.0844. The molecule has 2 rings (SSSR count). The van der Waals surface area contributed by atoms with Crippen LogP contribution in [0.1, 0.15) is 37.6 Å². The van der Waals surface area contributed by atoms with Crippen molar-refractivity contribution in [3.05, 3.63) is 55.4 Å². The van der Waals surface area contributed by atoms with Crippen molar-refractivity contribution in [2.75, 3.05) is 0 Å². The lowest BCUT2D eigenvalue weighted by atomic mass is 10.0. The zero-order chi connectivity index (χ0) is 16.3. The van der Waals surface area contributed by atoms with E-state index < -0.39 is 0 Å². The van der Waals surface area contributed by atoms with Crippen LogP contribution in [0.4, 0.5) is 0 Å². The Hall–Kier alpha value is -0.970. The largest absolute Gasteiger partial charge is 0.301 e. The first-order valence-corrected chi connectivity index (χ1v) is 8.77. The van der Waals surface area contributed by atoms with Gasteiger partial charge in [0.2, 0.25) is 0 Å². The van der Waals surface area contributed by atoms with Crippen LogP contribution in [0.15, 0.2) is 28.2 Å². The van der Waals surface area contributed by atoms with E-state index in [1.807, 2.05) is 6.92 Å². The maximum absolute atomic E-state index is 12.3. The lowest BCUT2D eigenvalue weighted by molar-refractivity contribution is 0.832. The standard InChI is InChI=1S/C16H18Cl2N2OS/c1-4-10-14(8-11-12(17)6-5-7-13(11)18)19-16(20-15(10)21)22-9(2)3/h5-7,9H,4,8H2,1-3H3,(H,19,20,21). The molecule has 6 heteroatoms. The molecule has 0 aliphatic rings. The molecule has 0 saturated heterocycles. The first-order chi connectivity index (χ1) is 10.4. The number of nitrogens with zero attached hydrogens (tertiary/aromatic N) is 1. The molecule has 22 heavy (non-hydrogen) atoms. The SMILES string of the molecule is CCc1c(Cc2c(Cl)cccc2Cl)nc(SC(C)C)[nH]c1=O. The minimum atomic E-state index is -0.0844. The number of rotatable bonds is 5. The summed E-state index contributed by atoms with van der Waals surface area (Å²) in [5.74, 6) is 0. The third-order valence-corrected chi connectivity index (χ3v) is 4.78. The molecule has 0 aliphatic carbocycles. The third-order valence-electron chi connectivity index (χ3n) is 3.19. The van der Waals surface area contributed by atoms with Gasteiger partial charge in [-0.15, -0.1) is 0 Å². The van der Waals surface area contributed by atoms with E-state index in [1.54, 1.807) is 18.2 Å². The second kappa shape index (κ2) is 7.53. The van der Waals surface area contributed by atoms with Gasteiger partial charge < -0.3 is 4.98 Å². The van der Waals surface area contributed by atoms with E-state index >= 15 is 0 Å². The van der Waals surface area contributed by atoms with Crippen molar-refractivity contribution in [2.24, 2.45) is 0 Å². The maximum atomic E-state index is 12.3. The Bertz CT molecular complexity index is 708. The molecule has 0 aliphatic heterocycles. The summed E-state index contributed by atoms with van der Waals surface area (Å²) < 4.78 is 0. The number of hydrogen-bond donors (Lipinski definition) is 1. The highest BCUT2D eigenvalue weighted by Gasteiger charge is 2.15. The van der Waals surface area contributed by atoms with Gasteiger partial charge in [0.05, 0.1) is 5.69 Å². The molecule has 1 aromatic carbocycles. The smallest absolute Gasteiger partial charge is 0.254 e. The third kappa shape index (κ3) is 4.06. The summed E-state index contributed by atoms with van der Waals surface area (Å²) in [5, 5.41) is 2.16. The van der Waals surface area contributed by atoms with Gasteiger partial charge in [-0.3, -0.25) is 4.79 Å². The van der Waals surface area contributed by atoms with Crippen LogP contribution in [0.25, 0.3) is 0 Å². The van der Waals surface area contributed by atoms with Crippen molar-refractivity contribution >= 4 is 35.0 Å². The quantitative estimate of drug-likeness (QED) is 0.622. The summed E-state index contributed by atoms with van der Waals surface area (Å²) in [7, 11) is 0. The molecule has 0 amide bonds. The van der Waals surface area contributed by atoms with Crippen LogP contribution in [0.3, 0.4) is 0 Å². The Morgan fingerprint density at radius 1 is 1.23 bits per heavy atom. The highest BCUT2D eigenvalue weighted by molar-refractivity contribution is 7.99. The molecular formula is C16H18Cl2N2OS. The molecule has 1 N–H and O–H groups in total. The van der Waals surface area contributed by atoms with Crippen molar-refractivity contribution in [3.8, 4) is 0 Å². The van der Waals surface area contributed by atoms with Gasteiger partial charge in [-0.2, -0.15) is 0 Å². The topological polar surface area (TPSA) is 45.8 Å². The van der Waals surface area contributed by atoms with Crippen LogP contribution >= 0.6 is 35.0 Å². The van der Waals surface area contributed by atoms with Gasteiger partial charge in [0.15, 0.2) is 5.16 Å². The molecule has 0 saturated carbocycles. The zero-order valence-electron chi connectivity index (χ0n) is 12.7. The summed E-state index contributed by atoms with van der Waals surface area (Å²) in [6.45, 7) is 6.06. The number of aromatic nitrogens is 2. The van der Waals surface area contributed by atoms with Gasteiger partial charge in [0.1, 0.15) is 0 Å². The van der Waals surface area contributed by atoms with E-state index in [0.29, 0.717) is 38.9 Å². The predicted molar refractivity (Wildman–Crippen MR) is 94.5 cm³/mol. The van der Waals surface area contributed by atoms with Crippen LogP contribution in [0, 0.1) is 0 Å². The van der Waals surface area contributed by atoms with Crippen molar-refractivity contribution in [3.63, 3.8) is 0 Å². The average Bonchev–Trinajstić information content (AvgIpc) is 2.42. The van der Waals surface area contributed by atoms with Crippen molar-refractivity contribution in [1.29, 1.82) is 0 Å². The number of H-pyrrole nitrogens is 1. The van der Waals surface area contributed by atoms with Gasteiger partial charge in [0.25, 0.3) is 5.56 Å². The number of thioether (sulfide) groups is 1. The zero-order valence-corrected chi connectivity index (χ0v) is 15.1. The van der Waals surface area contributed by atoms with E-state index in [1.165, 1.54) is 11.8 Å². The molecule has 0 atom stereocenters. The second-order valence-corrected chi connectivity index (χ2v) is 7.57. The summed E-state index contributed by atoms with van der Waals surface area (Å²) >= 11 is 14.0. The molecule has 2 aromatic rings. The fraction of sp³-hybridized carbons (Fsp3) is 0.375. The van der Waals surface area contributed by atoms with E-state index in [-0.39, 0.29) is 5.56 Å². The molecule has 0 unspecified atom stereocenters. The Morgan fingerprint density at radius 2 is 1.86 bits per heavy atom. The first-order valence-electron chi connectivity index (χ1n) is 7.14. The lowest BCUT2D eigenvalue weighted by Gasteiger charge is -2.12. The van der Waals surface area contributed by atoms with E-state index in [0.717, 1.165) is 11.3 Å². The highest BCUT2D eigenvalue weighted by atomic mass is 35.5. The summed E-state index contributed by atoms with van der Waals surface area (Å²) in [5.41, 5.74) is 2.14. The number of hydrogen-bond acceptors (Lipinski definition) is 3. The van der Waals surface area contributed by atoms with Crippen LogP contribution in [-0.2, 0) is 12.8 Å². The van der Waals surface area contributed by atoms with Crippen molar-refractivity contribution in [1.82, 2.24) is 9.97 Å². The Morgan fingerprint density at radius 3 is 2.41 bits per heavy atom. The fourth-order valence-electron chi connectivity index (χ4n) is 2.18. The molecule has 0 spiro atoms. The Kier molecular flexibility index (Phi) is 5.95. The van der Waals surface area contributed by atoms with E-state index in [9.17, 15) is 4.79 Å². The summed E-state index contributed by atoms with van der Waals surface area (Å²) in [4.78, 5) is 19.7. The van der Waals surface area contributed by atoms with Crippen molar-refractivity contribution < 1.29 is 0 Å². The van der Waals surface area contributed by atoms with E-state index in [2.05, 4.69) is 23.8 Å². The van der Waals surface area contributed by atoms with Crippen LogP contribution in [-0.4, -0.2) is 15.2 Å². The van der Waals surface area contributed by atoms with Gasteiger partial charge >= 0.3 is 0 Å². The van der Waals surface area contributed by atoms with Gasteiger partial charge in [-0.05, 0) is 24.1 Å². The molecule has 0 radical (unpaired) electrons. The van der Waals surface area contributed by atoms with Crippen molar-refractivity contribution in [2.45, 2.75) is 44.0 Å². The number of nitrogens with one attached hydrogen (secondary N) is 1. The molecule has 1 aromatic heterocycles. The normalized spacial score (nSPS) is 11.2. The summed E-state index contributed by atoms with van der Waals surface area (Å²) in [6, 6.07) is 5.40. The number of benzene rings is 1. The fourth-order valence-corrected chi connectivity index (χ4v) is 3.47. The van der Waals surface area contributed by atoms with Crippen LogP contribution in [0.5, 0.6) is 0 Å². The second-order valence-electron chi connectivity index (χ2n) is 5.19. The molecule has 118 valence electrons. The average molecular weight is 357 g/mol. The monoisotopic (exact) mass is 356 g/mol.